The minimum absolute atomic E-state index is 0.274. The van der Waals surface area contributed by atoms with Crippen LogP contribution in [0.5, 0.6) is 0 Å². The molecule has 0 amide bonds. The number of nitrogens with one attached hydrogen (secondary N) is 1. The summed E-state index contributed by atoms with van der Waals surface area (Å²) in [6.45, 7) is 4.00. The van der Waals surface area contributed by atoms with Crippen molar-refractivity contribution in [3.05, 3.63) is 5.82 Å². The first-order valence-electron chi connectivity index (χ1n) is 4.07. The van der Waals surface area contributed by atoms with Crippen LogP contribution in [0.4, 0.5) is 5.13 Å². The molecule has 2 unspecified atom stereocenters. The van der Waals surface area contributed by atoms with Crippen molar-refractivity contribution < 1.29 is 5.11 Å². The standard InChI is InChI=1S/C7H14N4OS/c1-4(12)6(8)3-9-7-10-5(2)11-13-7/h4,6,12H,3,8H2,1-2H3,(H,9,10,11). The van der Waals surface area contributed by atoms with Gasteiger partial charge in [-0.05, 0) is 13.8 Å². The van der Waals surface area contributed by atoms with E-state index in [4.69, 9.17) is 10.8 Å². The number of aryl methyl sites for hydroxylation is 1. The van der Waals surface area contributed by atoms with Gasteiger partial charge in [0.25, 0.3) is 0 Å². The fourth-order valence-corrected chi connectivity index (χ4v) is 1.32. The van der Waals surface area contributed by atoms with Crippen molar-refractivity contribution in [2.75, 3.05) is 11.9 Å². The van der Waals surface area contributed by atoms with E-state index in [1.54, 1.807) is 6.92 Å². The second-order valence-corrected chi connectivity index (χ2v) is 3.68. The van der Waals surface area contributed by atoms with E-state index < -0.39 is 6.10 Å². The molecule has 0 aliphatic rings. The Morgan fingerprint density at radius 1 is 1.69 bits per heavy atom. The first kappa shape index (κ1) is 10.4. The van der Waals surface area contributed by atoms with Crippen molar-refractivity contribution in [2.24, 2.45) is 5.73 Å². The predicted octanol–water partition coefficient (Wildman–Crippen LogP) is -0.0335. The highest BCUT2D eigenvalue weighted by molar-refractivity contribution is 7.09. The lowest BCUT2D eigenvalue weighted by Crippen LogP contribution is -2.38. The molecule has 2 atom stereocenters. The summed E-state index contributed by atoms with van der Waals surface area (Å²) < 4.78 is 4.00. The predicted molar refractivity (Wildman–Crippen MR) is 52.8 cm³/mol. The highest BCUT2D eigenvalue weighted by atomic mass is 32.1. The molecule has 5 nitrogen and oxygen atoms in total. The molecular weight excluding hydrogens is 188 g/mol. The van der Waals surface area contributed by atoms with E-state index in [0.29, 0.717) is 6.54 Å². The van der Waals surface area contributed by atoms with Gasteiger partial charge in [0.05, 0.1) is 6.10 Å². The minimum Gasteiger partial charge on any atom is -0.392 e. The van der Waals surface area contributed by atoms with Gasteiger partial charge < -0.3 is 16.2 Å². The molecule has 0 radical (unpaired) electrons. The molecule has 0 saturated carbocycles. The lowest BCUT2D eigenvalue weighted by Gasteiger charge is -2.14. The van der Waals surface area contributed by atoms with E-state index >= 15 is 0 Å². The number of aliphatic hydroxyl groups is 1. The van der Waals surface area contributed by atoms with Crippen LogP contribution in [0.15, 0.2) is 0 Å². The monoisotopic (exact) mass is 202 g/mol. The van der Waals surface area contributed by atoms with Crippen LogP contribution in [-0.2, 0) is 0 Å². The quantitative estimate of drug-likeness (QED) is 0.638. The van der Waals surface area contributed by atoms with Crippen molar-refractivity contribution in [1.29, 1.82) is 0 Å². The number of aliphatic hydroxyl groups excluding tert-OH is 1. The molecule has 1 aromatic rings. The molecular formula is C7H14N4OS. The second kappa shape index (κ2) is 4.50. The molecule has 1 heterocycles. The Bertz CT molecular complexity index is 263. The van der Waals surface area contributed by atoms with Gasteiger partial charge in [0.1, 0.15) is 5.82 Å². The van der Waals surface area contributed by atoms with Gasteiger partial charge in [0, 0.05) is 24.1 Å². The highest BCUT2D eigenvalue weighted by Gasteiger charge is 2.09. The summed E-state index contributed by atoms with van der Waals surface area (Å²) in [4.78, 5) is 4.10. The molecule has 0 aliphatic carbocycles. The van der Waals surface area contributed by atoms with Gasteiger partial charge in [-0.3, -0.25) is 0 Å². The van der Waals surface area contributed by atoms with Crippen molar-refractivity contribution in [2.45, 2.75) is 26.0 Å². The Morgan fingerprint density at radius 2 is 2.38 bits per heavy atom. The summed E-state index contributed by atoms with van der Waals surface area (Å²) in [5.41, 5.74) is 5.62. The van der Waals surface area contributed by atoms with Gasteiger partial charge in [-0.1, -0.05) is 0 Å². The molecule has 0 spiro atoms. The smallest absolute Gasteiger partial charge is 0.202 e. The summed E-state index contributed by atoms with van der Waals surface area (Å²) in [6.07, 6.45) is -0.512. The fraction of sp³-hybridized carbons (Fsp3) is 0.714. The average molecular weight is 202 g/mol. The summed E-state index contributed by atoms with van der Waals surface area (Å²) in [5.74, 6) is 0.748. The zero-order chi connectivity index (χ0) is 9.84. The SMILES string of the molecule is Cc1nsc(NCC(N)C(C)O)n1. The Balaban J connectivity index is 2.35. The van der Waals surface area contributed by atoms with Gasteiger partial charge in [-0.25, -0.2) is 4.98 Å². The van der Waals surface area contributed by atoms with Gasteiger partial charge in [-0.15, -0.1) is 0 Å². The first-order chi connectivity index (χ1) is 6.09. The van der Waals surface area contributed by atoms with Gasteiger partial charge in [0.2, 0.25) is 5.13 Å². The third-order valence-corrected chi connectivity index (χ3v) is 2.40. The Hall–Kier alpha value is -0.720. The topological polar surface area (TPSA) is 84.1 Å². The van der Waals surface area contributed by atoms with Crippen LogP contribution < -0.4 is 11.1 Å². The van der Waals surface area contributed by atoms with Gasteiger partial charge in [-0.2, -0.15) is 4.37 Å². The zero-order valence-corrected chi connectivity index (χ0v) is 8.51. The third kappa shape index (κ3) is 3.25. The van der Waals surface area contributed by atoms with Crippen molar-refractivity contribution in [3.63, 3.8) is 0 Å². The Morgan fingerprint density at radius 3 is 2.85 bits per heavy atom. The van der Waals surface area contributed by atoms with Crippen LogP contribution in [0.1, 0.15) is 12.7 Å². The number of nitrogens with two attached hydrogens (primary N) is 1. The van der Waals surface area contributed by atoms with Crippen molar-refractivity contribution in [1.82, 2.24) is 9.36 Å². The van der Waals surface area contributed by atoms with E-state index in [1.165, 1.54) is 11.5 Å². The number of aromatic nitrogens is 2. The molecule has 1 rings (SSSR count). The molecule has 0 fully saturated rings. The molecule has 0 aromatic carbocycles. The maximum Gasteiger partial charge on any atom is 0.202 e. The van der Waals surface area contributed by atoms with E-state index in [0.717, 1.165) is 11.0 Å². The van der Waals surface area contributed by atoms with Crippen molar-refractivity contribution >= 4 is 16.7 Å². The van der Waals surface area contributed by atoms with Crippen LogP contribution in [-0.4, -0.2) is 33.2 Å². The van der Waals surface area contributed by atoms with E-state index in [-0.39, 0.29) is 6.04 Å². The molecule has 0 bridgehead atoms. The molecule has 74 valence electrons. The first-order valence-corrected chi connectivity index (χ1v) is 4.84. The van der Waals surface area contributed by atoms with E-state index in [1.807, 2.05) is 6.92 Å². The number of nitrogens with zero attached hydrogens (tertiary/aromatic N) is 2. The fourth-order valence-electron chi connectivity index (χ4n) is 0.745. The minimum atomic E-state index is -0.512. The van der Waals surface area contributed by atoms with Gasteiger partial charge in [0.15, 0.2) is 0 Å². The lowest BCUT2D eigenvalue weighted by atomic mass is 10.2. The molecule has 0 saturated heterocycles. The normalized spacial score (nSPS) is 15.4. The van der Waals surface area contributed by atoms with Crippen LogP contribution >= 0.6 is 11.5 Å². The number of anilines is 1. The highest BCUT2D eigenvalue weighted by Crippen LogP contribution is 2.09. The van der Waals surface area contributed by atoms with Crippen LogP contribution in [0.2, 0.25) is 0 Å². The molecule has 4 N–H and O–H groups in total. The molecule has 1 aromatic heterocycles. The maximum atomic E-state index is 9.11. The maximum absolute atomic E-state index is 9.11. The van der Waals surface area contributed by atoms with Crippen LogP contribution in [0.25, 0.3) is 0 Å². The largest absolute Gasteiger partial charge is 0.392 e. The second-order valence-electron chi connectivity index (χ2n) is 2.93. The summed E-state index contributed by atoms with van der Waals surface area (Å²) in [5, 5.41) is 12.9. The molecule has 0 aliphatic heterocycles. The Kier molecular flexibility index (Phi) is 3.58. The number of hydrogen-bond donors (Lipinski definition) is 3. The summed E-state index contributed by atoms with van der Waals surface area (Å²) in [7, 11) is 0. The zero-order valence-electron chi connectivity index (χ0n) is 7.69. The molecule has 13 heavy (non-hydrogen) atoms. The van der Waals surface area contributed by atoms with E-state index in [9.17, 15) is 0 Å². The van der Waals surface area contributed by atoms with Crippen LogP contribution in [0, 0.1) is 6.92 Å². The number of hydrogen-bond acceptors (Lipinski definition) is 6. The van der Waals surface area contributed by atoms with E-state index in [2.05, 4.69) is 14.7 Å². The lowest BCUT2D eigenvalue weighted by molar-refractivity contribution is 0.168. The average Bonchev–Trinajstić information content (AvgIpc) is 2.47. The number of rotatable bonds is 4. The third-order valence-electron chi connectivity index (χ3n) is 1.64. The molecule has 6 heteroatoms. The van der Waals surface area contributed by atoms with Crippen LogP contribution in [0.3, 0.4) is 0 Å². The van der Waals surface area contributed by atoms with Gasteiger partial charge >= 0.3 is 0 Å². The summed E-state index contributed by atoms with van der Waals surface area (Å²) >= 11 is 1.29. The Labute approximate surface area is 81.2 Å². The summed E-state index contributed by atoms with van der Waals surface area (Å²) in [6, 6.07) is -0.274. The van der Waals surface area contributed by atoms with Crippen molar-refractivity contribution in [3.8, 4) is 0 Å².